The Bertz CT molecular complexity index is 487. The molecule has 0 saturated carbocycles. The van der Waals surface area contributed by atoms with Crippen molar-refractivity contribution in [3.05, 3.63) is 35.9 Å². The zero-order chi connectivity index (χ0) is 15.7. The third-order valence-electron chi connectivity index (χ3n) is 2.96. The van der Waals surface area contributed by atoms with Crippen LogP contribution in [0.4, 0.5) is 0 Å². The first kappa shape index (κ1) is 16.7. The van der Waals surface area contributed by atoms with Crippen LogP contribution in [-0.4, -0.2) is 32.8 Å². The molecule has 1 unspecified atom stereocenters. The van der Waals surface area contributed by atoms with Crippen LogP contribution in [0.1, 0.15) is 18.1 Å². The van der Waals surface area contributed by atoms with Crippen LogP contribution >= 0.6 is 0 Å². The minimum atomic E-state index is -1.05. The van der Waals surface area contributed by atoms with Gasteiger partial charge in [0.25, 0.3) is 0 Å². The van der Waals surface area contributed by atoms with E-state index in [4.69, 9.17) is 11.2 Å². The molecular formula is C16H18O5. The number of ether oxygens (including phenoxy) is 3. The highest BCUT2D eigenvalue weighted by atomic mass is 16.5. The molecule has 1 aromatic carbocycles. The molecule has 0 saturated heterocycles. The summed E-state index contributed by atoms with van der Waals surface area (Å²) in [4.78, 5) is 23.5. The van der Waals surface area contributed by atoms with Gasteiger partial charge in [0, 0.05) is 6.42 Å². The van der Waals surface area contributed by atoms with Gasteiger partial charge in [0.1, 0.15) is 6.61 Å². The Hall–Kier alpha value is -2.32. The Morgan fingerprint density at radius 3 is 2.19 bits per heavy atom. The summed E-state index contributed by atoms with van der Waals surface area (Å²) in [7, 11) is 2.44. The molecule has 0 spiro atoms. The number of methoxy groups -OCH3 is 2. The molecule has 21 heavy (non-hydrogen) atoms. The largest absolute Gasteiger partial charge is 0.468 e. The van der Waals surface area contributed by atoms with Crippen LogP contribution in [0.25, 0.3) is 0 Å². The van der Waals surface area contributed by atoms with E-state index in [-0.39, 0.29) is 13.0 Å². The predicted octanol–water partition coefficient (Wildman–Crippen LogP) is 1.73. The molecule has 5 heteroatoms. The number of benzene rings is 1. The number of esters is 2. The fourth-order valence-corrected chi connectivity index (χ4v) is 1.90. The van der Waals surface area contributed by atoms with Crippen molar-refractivity contribution in [2.75, 3.05) is 20.8 Å². The van der Waals surface area contributed by atoms with E-state index in [0.29, 0.717) is 0 Å². The van der Waals surface area contributed by atoms with Crippen molar-refractivity contribution in [2.45, 2.75) is 12.5 Å². The number of carbonyl (C=O) groups is 2. The molecule has 0 N–H and O–H groups in total. The van der Waals surface area contributed by atoms with Crippen LogP contribution < -0.4 is 0 Å². The standard InChI is InChI=1S/C16H18O5/c1-4-10-21-14(12-8-6-5-7-9-12)11-13(15(17)19-2)16(18)20-3/h1,5-9,13-14H,10-11H2,2-3H3. The zero-order valence-electron chi connectivity index (χ0n) is 12.1. The molecule has 0 aliphatic heterocycles. The third-order valence-corrected chi connectivity index (χ3v) is 2.96. The van der Waals surface area contributed by atoms with E-state index in [1.54, 1.807) is 0 Å². The summed E-state index contributed by atoms with van der Waals surface area (Å²) in [5.41, 5.74) is 0.825. The Balaban J connectivity index is 2.94. The molecule has 0 aliphatic carbocycles. The molecule has 112 valence electrons. The number of hydrogen-bond donors (Lipinski definition) is 0. The normalized spacial score (nSPS) is 11.5. The maximum Gasteiger partial charge on any atom is 0.320 e. The van der Waals surface area contributed by atoms with Crippen LogP contribution in [-0.2, 0) is 23.8 Å². The van der Waals surface area contributed by atoms with Gasteiger partial charge in [-0.1, -0.05) is 36.3 Å². The lowest BCUT2D eigenvalue weighted by Crippen LogP contribution is -2.29. The second-order valence-electron chi connectivity index (χ2n) is 4.25. The van der Waals surface area contributed by atoms with Crippen molar-refractivity contribution in [3.8, 4) is 12.3 Å². The molecule has 5 nitrogen and oxygen atoms in total. The average Bonchev–Trinajstić information content (AvgIpc) is 2.54. The van der Waals surface area contributed by atoms with Crippen LogP contribution in [0.3, 0.4) is 0 Å². The molecule has 0 radical (unpaired) electrons. The predicted molar refractivity (Wildman–Crippen MR) is 76.1 cm³/mol. The zero-order valence-corrected chi connectivity index (χ0v) is 12.1. The van der Waals surface area contributed by atoms with Gasteiger partial charge in [-0.3, -0.25) is 9.59 Å². The monoisotopic (exact) mass is 290 g/mol. The van der Waals surface area contributed by atoms with Gasteiger partial charge in [-0.15, -0.1) is 6.42 Å². The van der Waals surface area contributed by atoms with Crippen LogP contribution in [0.2, 0.25) is 0 Å². The van der Waals surface area contributed by atoms with Crippen molar-refractivity contribution in [1.82, 2.24) is 0 Å². The molecule has 0 bridgehead atoms. The first-order valence-corrected chi connectivity index (χ1v) is 6.39. The summed E-state index contributed by atoms with van der Waals surface area (Å²) in [5, 5.41) is 0. The fraction of sp³-hybridized carbons (Fsp3) is 0.375. The summed E-state index contributed by atoms with van der Waals surface area (Å²) in [6.45, 7) is 0.0780. The second kappa shape index (κ2) is 8.77. The first-order chi connectivity index (χ1) is 10.1. The highest BCUT2D eigenvalue weighted by molar-refractivity contribution is 5.94. The number of hydrogen-bond acceptors (Lipinski definition) is 5. The van der Waals surface area contributed by atoms with Crippen molar-refractivity contribution in [3.63, 3.8) is 0 Å². The van der Waals surface area contributed by atoms with Gasteiger partial charge in [0.15, 0.2) is 5.92 Å². The quantitative estimate of drug-likeness (QED) is 0.435. The van der Waals surface area contributed by atoms with Gasteiger partial charge in [0.05, 0.1) is 20.3 Å². The average molecular weight is 290 g/mol. The van der Waals surface area contributed by atoms with E-state index in [2.05, 4.69) is 15.4 Å². The number of carbonyl (C=O) groups excluding carboxylic acids is 2. The van der Waals surface area contributed by atoms with Crippen molar-refractivity contribution < 1.29 is 23.8 Å². The maximum absolute atomic E-state index is 11.7. The van der Waals surface area contributed by atoms with Gasteiger partial charge < -0.3 is 14.2 Å². The van der Waals surface area contributed by atoms with Crippen LogP contribution in [0.15, 0.2) is 30.3 Å². The van der Waals surface area contributed by atoms with Gasteiger partial charge in [0.2, 0.25) is 0 Å². The summed E-state index contributed by atoms with van der Waals surface area (Å²) in [6, 6.07) is 9.22. The van der Waals surface area contributed by atoms with Gasteiger partial charge in [-0.2, -0.15) is 0 Å². The summed E-state index contributed by atoms with van der Waals surface area (Å²) >= 11 is 0. The third kappa shape index (κ3) is 4.93. The smallest absolute Gasteiger partial charge is 0.320 e. The summed E-state index contributed by atoms with van der Waals surface area (Å²) in [5.74, 6) is 0.0000273. The second-order valence-corrected chi connectivity index (χ2v) is 4.25. The first-order valence-electron chi connectivity index (χ1n) is 6.39. The summed E-state index contributed by atoms with van der Waals surface area (Å²) < 4.78 is 14.8. The highest BCUT2D eigenvalue weighted by Gasteiger charge is 2.32. The van der Waals surface area contributed by atoms with Gasteiger partial charge >= 0.3 is 11.9 Å². The minimum Gasteiger partial charge on any atom is -0.468 e. The molecule has 1 aromatic rings. The lowest BCUT2D eigenvalue weighted by atomic mass is 9.96. The van der Waals surface area contributed by atoms with E-state index < -0.39 is 24.0 Å². The fourth-order valence-electron chi connectivity index (χ4n) is 1.90. The molecule has 0 aromatic heterocycles. The topological polar surface area (TPSA) is 61.8 Å². The van der Waals surface area contributed by atoms with E-state index in [1.807, 2.05) is 30.3 Å². The number of terminal acetylenes is 1. The van der Waals surface area contributed by atoms with E-state index >= 15 is 0 Å². The van der Waals surface area contributed by atoms with E-state index in [9.17, 15) is 9.59 Å². The molecule has 0 aliphatic rings. The van der Waals surface area contributed by atoms with Crippen LogP contribution in [0, 0.1) is 18.3 Å². The highest BCUT2D eigenvalue weighted by Crippen LogP contribution is 2.26. The maximum atomic E-state index is 11.7. The Labute approximate surface area is 124 Å². The van der Waals surface area contributed by atoms with Crippen molar-refractivity contribution in [1.29, 1.82) is 0 Å². The molecule has 1 rings (SSSR count). The van der Waals surface area contributed by atoms with Crippen molar-refractivity contribution in [2.24, 2.45) is 5.92 Å². The Morgan fingerprint density at radius 1 is 1.14 bits per heavy atom. The van der Waals surface area contributed by atoms with Crippen molar-refractivity contribution >= 4 is 11.9 Å². The molecule has 0 amide bonds. The molecule has 1 atom stereocenters. The number of rotatable bonds is 7. The Morgan fingerprint density at radius 2 is 1.71 bits per heavy atom. The molecule has 0 heterocycles. The van der Waals surface area contributed by atoms with Gasteiger partial charge in [-0.25, -0.2) is 0 Å². The SMILES string of the molecule is C#CCOC(CC(C(=O)OC)C(=O)OC)c1ccccc1. The Kier molecular flexibility index (Phi) is 6.99. The summed E-state index contributed by atoms with van der Waals surface area (Å²) in [6.07, 6.45) is 4.81. The molecule has 0 fully saturated rings. The molecular weight excluding hydrogens is 272 g/mol. The lowest BCUT2D eigenvalue weighted by molar-refractivity contribution is -0.160. The van der Waals surface area contributed by atoms with Gasteiger partial charge in [-0.05, 0) is 5.56 Å². The van der Waals surface area contributed by atoms with E-state index in [0.717, 1.165) is 5.56 Å². The minimum absolute atomic E-state index is 0.0780. The van der Waals surface area contributed by atoms with E-state index in [1.165, 1.54) is 14.2 Å². The van der Waals surface area contributed by atoms with Crippen LogP contribution in [0.5, 0.6) is 0 Å². The lowest BCUT2D eigenvalue weighted by Gasteiger charge is -2.21.